The standard InChI is InChI=1S/C26H27N3O/c1-4-29-15-20(13-19-11-7-5-9-17(19)2)25-23(16-29)24(22(14-27)26(28)30-25)21-12-8-6-10-18(21)3/h5-12,15,24H,4,13,16,28H2,1-3H3/t24-/m0/s1. The van der Waals surface area contributed by atoms with Gasteiger partial charge in [0.2, 0.25) is 5.88 Å². The van der Waals surface area contributed by atoms with E-state index in [1.54, 1.807) is 0 Å². The topological polar surface area (TPSA) is 62.3 Å². The van der Waals surface area contributed by atoms with Crippen LogP contribution in [0, 0.1) is 25.2 Å². The molecule has 0 spiro atoms. The number of nitriles is 1. The van der Waals surface area contributed by atoms with Crippen molar-refractivity contribution in [1.29, 1.82) is 5.26 Å². The van der Waals surface area contributed by atoms with Crippen molar-refractivity contribution in [3.63, 3.8) is 0 Å². The summed E-state index contributed by atoms with van der Waals surface area (Å²) in [4.78, 5) is 2.29. The van der Waals surface area contributed by atoms with Crippen LogP contribution in [0.3, 0.4) is 0 Å². The number of nitrogens with two attached hydrogens (primary N) is 1. The first-order chi connectivity index (χ1) is 14.5. The lowest BCUT2D eigenvalue weighted by molar-refractivity contribution is 0.265. The van der Waals surface area contributed by atoms with E-state index in [1.807, 2.05) is 12.1 Å². The molecule has 2 aliphatic heterocycles. The number of nitrogens with zero attached hydrogens (tertiary/aromatic N) is 2. The van der Waals surface area contributed by atoms with Gasteiger partial charge in [0.15, 0.2) is 0 Å². The molecule has 0 bridgehead atoms. The minimum atomic E-state index is -0.186. The van der Waals surface area contributed by atoms with Crippen LogP contribution in [0.25, 0.3) is 0 Å². The predicted molar refractivity (Wildman–Crippen MR) is 119 cm³/mol. The molecule has 2 heterocycles. The highest BCUT2D eigenvalue weighted by molar-refractivity contribution is 5.56. The van der Waals surface area contributed by atoms with Gasteiger partial charge in [0, 0.05) is 36.9 Å². The average molecular weight is 398 g/mol. The Morgan fingerprint density at radius 1 is 1.10 bits per heavy atom. The second-order valence-corrected chi connectivity index (χ2v) is 7.96. The lowest BCUT2D eigenvalue weighted by Crippen LogP contribution is -2.33. The highest BCUT2D eigenvalue weighted by Crippen LogP contribution is 2.44. The number of allylic oxidation sites excluding steroid dienone is 2. The fourth-order valence-corrected chi connectivity index (χ4v) is 4.37. The number of rotatable bonds is 4. The Hall–Kier alpha value is -3.45. The van der Waals surface area contributed by atoms with E-state index in [0.29, 0.717) is 5.57 Å². The minimum absolute atomic E-state index is 0.186. The summed E-state index contributed by atoms with van der Waals surface area (Å²) < 4.78 is 6.12. The number of aryl methyl sites for hydroxylation is 2. The van der Waals surface area contributed by atoms with E-state index in [2.05, 4.69) is 74.3 Å². The molecule has 2 aromatic carbocycles. The monoisotopic (exact) mass is 397 g/mol. The van der Waals surface area contributed by atoms with E-state index in [1.165, 1.54) is 11.1 Å². The van der Waals surface area contributed by atoms with E-state index in [-0.39, 0.29) is 11.8 Å². The van der Waals surface area contributed by atoms with Crippen molar-refractivity contribution < 1.29 is 4.74 Å². The van der Waals surface area contributed by atoms with Crippen molar-refractivity contribution >= 4 is 0 Å². The third kappa shape index (κ3) is 3.48. The van der Waals surface area contributed by atoms with E-state index >= 15 is 0 Å². The van der Waals surface area contributed by atoms with E-state index < -0.39 is 0 Å². The largest absolute Gasteiger partial charge is 0.440 e. The van der Waals surface area contributed by atoms with Crippen molar-refractivity contribution in [1.82, 2.24) is 4.90 Å². The molecule has 2 aromatic rings. The molecule has 4 heteroatoms. The third-order valence-electron chi connectivity index (χ3n) is 6.08. The second-order valence-electron chi connectivity index (χ2n) is 7.96. The van der Waals surface area contributed by atoms with Gasteiger partial charge in [0.1, 0.15) is 17.4 Å². The van der Waals surface area contributed by atoms with Gasteiger partial charge in [-0.15, -0.1) is 0 Å². The quantitative estimate of drug-likeness (QED) is 0.803. The summed E-state index contributed by atoms with van der Waals surface area (Å²) in [6.45, 7) is 7.97. The Kier molecular flexibility index (Phi) is 5.37. The summed E-state index contributed by atoms with van der Waals surface area (Å²) in [5, 5.41) is 9.92. The zero-order chi connectivity index (χ0) is 21.3. The molecule has 4 nitrogen and oxygen atoms in total. The first-order valence-corrected chi connectivity index (χ1v) is 10.4. The van der Waals surface area contributed by atoms with Crippen LogP contribution >= 0.6 is 0 Å². The van der Waals surface area contributed by atoms with Crippen LogP contribution in [-0.2, 0) is 11.2 Å². The Morgan fingerprint density at radius 2 is 1.80 bits per heavy atom. The lowest BCUT2D eigenvalue weighted by atomic mass is 9.78. The van der Waals surface area contributed by atoms with Gasteiger partial charge in [-0.05, 0) is 43.0 Å². The molecule has 0 radical (unpaired) electrons. The third-order valence-corrected chi connectivity index (χ3v) is 6.08. The van der Waals surface area contributed by atoms with Crippen LogP contribution in [0.15, 0.2) is 83.1 Å². The zero-order valence-corrected chi connectivity index (χ0v) is 17.8. The zero-order valence-electron chi connectivity index (χ0n) is 17.8. The first kappa shape index (κ1) is 19.8. The van der Waals surface area contributed by atoms with Gasteiger partial charge in [-0.3, -0.25) is 0 Å². The Labute approximate surface area is 178 Å². The fourth-order valence-electron chi connectivity index (χ4n) is 4.37. The van der Waals surface area contributed by atoms with Crippen LogP contribution < -0.4 is 5.73 Å². The number of likely N-dealkylation sites (N-methyl/N-ethyl adjacent to an activating group) is 1. The van der Waals surface area contributed by atoms with Crippen molar-refractivity contribution in [2.24, 2.45) is 5.73 Å². The number of hydrogen-bond donors (Lipinski definition) is 1. The molecule has 0 fully saturated rings. The molecule has 1 atom stereocenters. The maximum Gasteiger partial charge on any atom is 0.205 e. The van der Waals surface area contributed by atoms with Crippen molar-refractivity contribution in [3.05, 3.63) is 105 Å². The SMILES string of the molecule is CCN1C=C(Cc2ccccc2C)C2=C(C1)[C@@H](c1ccccc1C)C(C#N)=C(N)O2. The number of benzene rings is 2. The number of hydrogen-bond acceptors (Lipinski definition) is 4. The summed E-state index contributed by atoms with van der Waals surface area (Å²) in [5.41, 5.74) is 13.8. The molecule has 2 aliphatic rings. The van der Waals surface area contributed by atoms with Gasteiger partial charge < -0.3 is 15.4 Å². The van der Waals surface area contributed by atoms with Crippen LogP contribution in [-0.4, -0.2) is 18.0 Å². The Bertz CT molecular complexity index is 1120. The molecule has 30 heavy (non-hydrogen) atoms. The summed E-state index contributed by atoms with van der Waals surface area (Å²) in [6, 6.07) is 19.0. The Morgan fingerprint density at radius 3 is 2.47 bits per heavy atom. The van der Waals surface area contributed by atoms with Gasteiger partial charge in [0.25, 0.3) is 0 Å². The average Bonchev–Trinajstić information content (AvgIpc) is 2.75. The predicted octanol–water partition coefficient (Wildman–Crippen LogP) is 4.83. The van der Waals surface area contributed by atoms with E-state index in [0.717, 1.165) is 47.5 Å². The summed E-state index contributed by atoms with van der Waals surface area (Å²) in [5.74, 6) is 0.854. The maximum atomic E-state index is 9.92. The second kappa shape index (κ2) is 8.12. The molecular weight excluding hydrogens is 370 g/mol. The van der Waals surface area contributed by atoms with E-state index in [4.69, 9.17) is 10.5 Å². The van der Waals surface area contributed by atoms with Gasteiger partial charge in [-0.1, -0.05) is 48.5 Å². The van der Waals surface area contributed by atoms with Crippen molar-refractivity contribution in [2.45, 2.75) is 33.1 Å². The van der Waals surface area contributed by atoms with Crippen LogP contribution in [0.4, 0.5) is 0 Å². The molecule has 0 saturated carbocycles. The molecule has 0 aliphatic carbocycles. The van der Waals surface area contributed by atoms with E-state index in [9.17, 15) is 5.26 Å². The van der Waals surface area contributed by atoms with Gasteiger partial charge in [-0.25, -0.2) is 0 Å². The van der Waals surface area contributed by atoms with Crippen molar-refractivity contribution in [3.8, 4) is 6.07 Å². The summed E-state index contributed by atoms with van der Waals surface area (Å²) >= 11 is 0. The lowest BCUT2D eigenvalue weighted by Gasteiger charge is -2.37. The molecule has 0 amide bonds. The Balaban J connectivity index is 1.85. The normalized spacial score (nSPS) is 18.5. The highest BCUT2D eigenvalue weighted by atomic mass is 16.5. The smallest absolute Gasteiger partial charge is 0.205 e. The van der Waals surface area contributed by atoms with Crippen LogP contribution in [0.5, 0.6) is 0 Å². The highest BCUT2D eigenvalue weighted by Gasteiger charge is 2.37. The maximum absolute atomic E-state index is 9.92. The summed E-state index contributed by atoms with van der Waals surface area (Å²) in [7, 11) is 0. The first-order valence-electron chi connectivity index (χ1n) is 10.4. The molecule has 0 unspecified atom stereocenters. The molecular formula is C26H27N3O. The van der Waals surface area contributed by atoms with Crippen LogP contribution in [0.2, 0.25) is 0 Å². The minimum Gasteiger partial charge on any atom is -0.440 e. The molecule has 4 rings (SSSR count). The fraction of sp³-hybridized carbons (Fsp3) is 0.269. The van der Waals surface area contributed by atoms with Gasteiger partial charge in [-0.2, -0.15) is 5.26 Å². The molecule has 0 aromatic heterocycles. The van der Waals surface area contributed by atoms with Gasteiger partial charge in [0.05, 0.1) is 5.92 Å². The van der Waals surface area contributed by atoms with Crippen molar-refractivity contribution in [2.75, 3.05) is 13.1 Å². The molecule has 0 saturated heterocycles. The molecule has 2 N–H and O–H groups in total. The van der Waals surface area contributed by atoms with Crippen LogP contribution in [0.1, 0.15) is 35.1 Å². The molecule has 152 valence electrons. The van der Waals surface area contributed by atoms with Gasteiger partial charge >= 0.3 is 0 Å². The summed E-state index contributed by atoms with van der Waals surface area (Å²) in [6.07, 6.45) is 2.95. The number of ether oxygens (including phenoxy) is 1.